The molecule has 1 atom stereocenters. The molecule has 0 aliphatic rings. The lowest BCUT2D eigenvalue weighted by Crippen LogP contribution is -2.34. The van der Waals surface area contributed by atoms with Crippen molar-refractivity contribution in [3.8, 4) is 0 Å². The van der Waals surface area contributed by atoms with E-state index in [1.165, 1.54) is 6.07 Å². The van der Waals surface area contributed by atoms with Crippen LogP contribution in [0.5, 0.6) is 0 Å². The number of halogens is 1. The minimum absolute atomic E-state index is 0.0930. The zero-order valence-electron chi connectivity index (χ0n) is 11.6. The molecule has 20 heavy (non-hydrogen) atoms. The minimum Gasteiger partial charge on any atom is -0.480 e. The quantitative estimate of drug-likeness (QED) is 0.900. The van der Waals surface area contributed by atoms with E-state index in [2.05, 4.69) is 10.3 Å². The van der Waals surface area contributed by atoms with Crippen molar-refractivity contribution in [2.24, 2.45) is 5.92 Å². The number of pyridine rings is 1. The number of benzene rings is 1. The highest BCUT2D eigenvalue weighted by Crippen LogP contribution is 2.26. The van der Waals surface area contributed by atoms with Crippen molar-refractivity contribution >= 4 is 22.6 Å². The van der Waals surface area contributed by atoms with Crippen LogP contribution in [-0.4, -0.2) is 22.1 Å². The molecule has 0 saturated carbocycles. The summed E-state index contributed by atoms with van der Waals surface area (Å²) in [6.45, 7) is 5.40. The van der Waals surface area contributed by atoms with E-state index >= 15 is 0 Å². The van der Waals surface area contributed by atoms with E-state index in [1.807, 2.05) is 13.8 Å². The molecule has 0 radical (unpaired) electrons. The molecular weight excluding hydrogens is 259 g/mol. The third-order valence-corrected chi connectivity index (χ3v) is 3.16. The Bertz CT molecular complexity index is 656. The highest BCUT2D eigenvalue weighted by Gasteiger charge is 2.22. The fraction of sp³-hybridized carbons (Fsp3) is 0.333. The van der Waals surface area contributed by atoms with Gasteiger partial charge >= 0.3 is 5.97 Å². The molecule has 0 spiro atoms. The van der Waals surface area contributed by atoms with E-state index in [4.69, 9.17) is 0 Å². The summed E-state index contributed by atoms with van der Waals surface area (Å²) in [5.41, 5.74) is 1.48. The summed E-state index contributed by atoms with van der Waals surface area (Å²) in [7, 11) is 0. The Hall–Kier alpha value is -2.17. The number of anilines is 1. The summed E-state index contributed by atoms with van der Waals surface area (Å²) in [6, 6.07) is 5.66. The van der Waals surface area contributed by atoms with Gasteiger partial charge in [-0.3, -0.25) is 0 Å². The first-order valence-corrected chi connectivity index (χ1v) is 6.45. The molecule has 0 fully saturated rings. The monoisotopic (exact) mass is 276 g/mol. The lowest BCUT2D eigenvalue weighted by atomic mass is 10.0. The summed E-state index contributed by atoms with van der Waals surface area (Å²) < 4.78 is 13.8. The maximum Gasteiger partial charge on any atom is 0.326 e. The van der Waals surface area contributed by atoms with Crippen LogP contribution in [0.4, 0.5) is 10.1 Å². The summed E-state index contributed by atoms with van der Waals surface area (Å²) >= 11 is 0. The Morgan fingerprint density at radius 3 is 2.70 bits per heavy atom. The molecule has 0 saturated heterocycles. The second kappa shape index (κ2) is 5.45. The second-order valence-corrected chi connectivity index (χ2v) is 5.15. The van der Waals surface area contributed by atoms with Crippen LogP contribution in [0.2, 0.25) is 0 Å². The Morgan fingerprint density at radius 1 is 1.40 bits per heavy atom. The van der Waals surface area contributed by atoms with Crippen molar-refractivity contribution in [2.75, 3.05) is 5.32 Å². The van der Waals surface area contributed by atoms with Gasteiger partial charge in [0.15, 0.2) is 0 Å². The van der Waals surface area contributed by atoms with Crippen molar-refractivity contribution in [3.63, 3.8) is 0 Å². The first kappa shape index (κ1) is 14.2. The van der Waals surface area contributed by atoms with Gasteiger partial charge in [0.05, 0.1) is 0 Å². The molecule has 1 heterocycles. The first-order chi connectivity index (χ1) is 9.40. The Labute approximate surface area is 116 Å². The molecule has 4 nitrogen and oxygen atoms in total. The number of nitrogens with zero attached hydrogens (tertiary/aromatic N) is 1. The Morgan fingerprint density at radius 2 is 2.10 bits per heavy atom. The lowest BCUT2D eigenvalue weighted by molar-refractivity contribution is -0.138. The maximum absolute atomic E-state index is 13.8. The summed E-state index contributed by atoms with van der Waals surface area (Å²) in [6.07, 6.45) is 0. The molecule has 1 aromatic carbocycles. The van der Waals surface area contributed by atoms with Crippen LogP contribution < -0.4 is 5.32 Å². The van der Waals surface area contributed by atoms with Crippen molar-refractivity contribution in [3.05, 3.63) is 35.8 Å². The van der Waals surface area contributed by atoms with Crippen LogP contribution in [0.25, 0.3) is 10.9 Å². The second-order valence-electron chi connectivity index (χ2n) is 5.15. The number of nitrogens with one attached hydrogen (secondary N) is 1. The minimum atomic E-state index is -0.931. The number of aromatic nitrogens is 1. The van der Waals surface area contributed by atoms with Crippen LogP contribution in [0.15, 0.2) is 24.3 Å². The van der Waals surface area contributed by atoms with Crippen molar-refractivity contribution in [1.29, 1.82) is 0 Å². The van der Waals surface area contributed by atoms with Gasteiger partial charge in [-0.15, -0.1) is 0 Å². The van der Waals surface area contributed by atoms with E-state index < -0.39 is 17.8 Å². The average molecular weight is 276 g/mol. The third-order valence-electron chi connectivity index (χ3n) is 3.16. The fourth-order valence-corrected chi connectivity index (χ4v) is 2.14. The average Bonchev–Trinajstić information content (AvgIpc) is 2.36. The number of carboxylic acid groups (broad SMARTS) is 1. The number of aryl methyl sites for hydroxylation is 1. The molecule has 0 aliphatic carbocycles. The van der Waals surface area contributed by atoms with Crippen molar-refractivity contribution in [2.45, 2.75) is 26.8 Å². The first-order valence-electron chi connectivity index (χ1n) is 6.45. The van der Waals surface area contributed by atoms with Crippen LogP contribution in [-0.2, 0) is 4.79 Å². The number of hydrogen-bond donors (Lipinski definition) is 2. The zero-order valence-corrected chi connectivity index (χ0v) is 11.6. The van der Waals surface area contributed by atoms with E-state index in [0.717, 1.165) is 0 Å². The third kappa shape index (κ3) is 2.71. The van der Waals surface area contributed by atoms with Crippen LogP contribution in [0, 0.1) is 18.7 Å². The predicted octanol–water partition coefficient (Wildman–Crippen LogP) is 3.20. The smallest absolute Gasteiger partial charge is 0.326 e. The molecule has 2 rings (SSSR count). The molecule has 0 bridgehead atoms. The molecule has 1 aromatic heterocycles. The van der Waals surface area contributed by atoms with E-state index in [-0.39, 0.29) is 11.4 Å². The van der Waals surface area contributed by atoms with E-state index in [0.29, 0.717) is 16.8 Å². The number of carbonyl (C=O) groups is 1. The number of hydrogen-bond acceptors (Lipinski definition) is 3. The number of carboxylic acids is 1. The van der Waals surface area contributed by atoms with E-state index in [9.17, 15) is 14.3 Å². The molecule has 2 N–H and O–H groups in total. The lowest BCUT2D eigenvalue weighted by Gasteiger charge is -2.20. The Balaban J connectivity index is 2.54. The number of aliphatic carboxylic acids is 1. The zero-order chi connectivity index (χ0) is 14.9. The number of para-hydroxylation sites is 1. The van der Waals surface area contributed by atoms with Gasteiger partial charge in [0.1, 0.15) is 17.4 Å². The number of fused-ring (bicyclic) bond motifs is 1. The van der Waals surface area contributed by atoms with Gasteiger partial charge in [-0.05, 0) is 25.0 Å². The molecule has 0 aliphatic heterocycles. The van der Waals surface area contributed by atoms with Gasteiger partial charge in [-0.25, -0.2) is 14.2 Å². The fourth-order valence-electron chi connectivity index (χ4n) is 2.14. The standard InChI is InChI=1S/C15H17FN2O2/c1-8(2)13(15(19)20)18-12-7-9(3)17-14-10(12)5-4-6-11(14)16/h4-8,13H,1-3H3,(H,17,18)(H,19,20)/t13-/m1/s1. The van der Waals surface area contributed by atoms with E-state index in [1.54, 1.807) is 25.1 Å². The van der Waals surface area contributed by atoms with Crippen molar-refractivity contribution in [1.82, 2.24) is 4.98 Å². The molecule has 0 unspecified atom stereocenters. The SMILES string of the molecule is Cc1cc(N[C@@H](C(=O)O)C(C)C)c2cccc(F)c2n1. The van der Waals surface area contributed by atoms with Gasteiger partial charge in [0.2, 0.25) is 0 Å². The normalized spacial score (nSPS) is 12.7. The molecular formula is C15H17FN2O2. The topological polar surface area (TPSA) is 62.2 Å². The molecule has 5 heteroatoms. The van der Waals surface area contributed by atoms with Crippen molar-refractivity contribution < 1.29 is 14.3 Å². The van der Waals surface area contributed by atoms with Crippen LogP contribution in [0.1, 0.15) is 19.5 Å². The molecule has 106 valence electrons. The molecule has 2 aromatic rings. The van der Waals surface area contributed by atoms with Crippen LogP contribution in [0.3, 0.4) is 0 Å². The molecule has 0 amide bonds. The number of rotatable bonds is 4. The maximum atomic E-state index is 13.8. The summed E-state index contributed by atoms with van der Waals surface area (Å²) in [4.78, 5) is 15.5. The van der Waals surface area contributed by atoms with Crippen LogP contribution >= 0.6 is 0 Å². The van der Waals surface area contributed by atoms with Gasteiger partial charge < -0.3 is 10.4 Å². The Kier molecular flexibility index (Phi) is 3.88. The van der Waals surface area contributed by atoms with Gasteiger partial charge in [0, 0.05) is 16.8 Å². The predicted molar refractivity (Wildman–Crippen MR) is 76.3 cm³/mol. The summed E-state index contributed by atoms with van der Waals surface area (Å²) in [5.74, 6) is -1.44. The highest BCUT2D eigenvalue weighted by molar-refractivity contribution is 5.93. The van der Waals surface area contributed by atoms with Gasteiger partial charge in [-0.2, -0.15) is 0 Å². The summed E-state index contributed by atoms with van der Waals surface area (Å²) in [5, 5.41) is 12.8. The highest BCUT2D eigenvalue weighted by atomic mass is 19.1. The van der Waals surface area contributed by atoms with Gasteiger partial charge in [0.25, 0.3) is 0 Å². The van der Waals surface area contributed by atoms with Gasteiger partial charge in [-0.1, -0.05) is 26.0 Å². The largest absolute Gasteiger partial charge is 0.480 e.